The molecule has 0 radical (unpaired) electrons. The number of nitrogens with two attached hydrogens (primary N) is 1. The van der Waals surface area contributed by atoms with Gasteiger partial charge in [-0.05, 0) is 24.3 Å². The van der Waals surface area contributed by atoms with Gasteiger partial charge >= 0.3 is 0 Å². The Balaban J connectivity index is 1.72. The third kappa shape index (κ3) is 3.81. The molecule has 0 atom stereocenters. The number of nitrogen functional groups attached to an aromatic ring is 1. The van der Waals surface area contributed by atoms with Crippen LogP contribution in [0.25, 0.3) is 0 Å². The van der Waals surface area contributed by atoms with Gasteiger partial charge in [-0.1, -0.05) is 30.3 Å². The molecule has 8 nitrogen and oxygen atoms in total. The Kier molecular flexibility index (Phi) is 5.14. The number of ether oxygens (including phenoxy) is 1. The van der Waals surface area contributed by atoms with Gasteiger partial charge in [0.05, 0.1) is 12.7 Å². The molecule has 0 saturated heterocycles. The lowest BCUT2D eigenvalue weighted by Crippen LogP contribution is -2.30. The molecule has 0 spiro atoms. The number of rotatable bonds is 6. The fraction of sp³-hybridized carbons (Fsp3) is 0.0556. The van der Waals surface area contributed by atoms with Crippen molar-refractivity contribution in [3.63, 3.8) is 0 Å². The molecule has 8 heteroatoms. The molecule has 0 saturated carbocycles. The number of benzene rings is 2. The standard InChI is InChI=1S/C18H18N6O2/c1-26-14-10-6-5-9-13(14)18(25)24-23-17-15(19)16(20-11-21-17)22-12-7-3-2-4-8-12/h2-11H,19H2,1H3,(H,24,25)(H2,20,21,22,23). The van der Waals surface area contributed by atoms with Crippen LogP contribution in [0.1, 0.15) is 10.4 Å². The van der Waals surface area contributed by atoms with Gasteiger partial charge in [0.2, 0.25) is 0 Å². The van der Waals surface area contributed by atoms with Crippen LogP contribution in [0.2, 0.25) is 0 Å². The number of carbonyl (C=O) groups excluding carboxylic acids is 1. The molecule has 3 aromatic rings. The van der Waals surface area contributed by atoms with E-state index in [0.29, 0.717) is 17.1 Å². The average Bonchev–Trinajstić information content (AvgIpc) is 2.69. The Bertz CT molecular complexity index is 901. The molecule has 0 aliphatic heterocycles. The molecule has 132 valence electrons. The number of hydrazine groups is 1. The molecule has 0 aliphatic carbocycles. The minimum Gasteiger partial charge on any atom is -0.496 e. The summed E-state index contributed by atoms with van der Waals surface area (Å²) in [5.74, 6) is 0.800. The summed E-state index contributed by atoms with van der Waals surface area (Å²) in [6.07, 6.45) is 1.35. The minimum atomic E-state index is -0.377. The maximum absolute atomic E-state index is 12.3. The first-order valence-corrected chi connectivity index (χ1v) is 7.81. The van der Waals surface area contributed by atoms with Gasteiger partial charge in [0.25, 0.3) is 5.91 Å². The van der Waals surface area contributed by atoms with Crippen LogP contribution in [0.3, 0.4) is 0 Å². The van der Waals surface area contributed by atoms with E-state index in [1.165, 1.54) is 13.4 Å². The van der Waals surface area contributed by atoms with Crippen LogP contribution in [-0.2, 0) is 0 Å². The fourth-order valence-electron chi connectivity index (χ4n) is 2.27. The zero-order valence-corrected chi connectivity index (χ0v) is 14.1. The molecule has 1 amide bonds. The molecule has 1 heterocycles. The highest BCUT2D eigenvalue weighted by Crippen LogP contribution is 2.25. The lowest BCUT2D eigenvalue weighted by Gasteiger charge is -2.14. The van der Waals surface area contributed by atoms with Crippen LogP contribution in [0.15, 0.2) is 60.9 Å². The highest BCUT2D eigenvalue weighted by Gasteiger charge is 2.13. The first kappa shape index (κ1) is 17.0. The first-order chi connectivity index (χ1) is 12.7. The van der Waals surface area contributed by atoms with Crippen LogP contribution in [-0.4, -0.2) is 23.0 Å². The summed E-state index contributed by atoms with van der Waals surface area (Å²) in [5, 5.41) is 3.10. The van der Waals surface area contributed by atoms with Crippen molar-refractivity contribution in [1.29, 1.82) is 0 Å². The Hall–Kier alpha value is -3.81. The van der Waals surface area contributed by atoms with Crippen molar-refractivity contribution in [2.45, 2.75) is 0 Å². The van der Waals surface area contributed by atoms with Crippen molar-refractivity contribution in [1.82, 2.24) is 15.4 Å². The molecule has 1 aromatic heterocycles. The summed E-state index contributed by atoms with van der Waals surface area (Å²) in [7, 11) is 1.50. The second kappa shape index (κ2) is 7.84. The van der Waals surface area contributed by atoms with Crippen molar-refractivity contribution in [2.75, 3.05) is 23.6 Å². The number of hydrogen-bond acceptors (Lipinski definition) is 7. The Morgan fingerprint density at radius 3 is 2.46 bits per heavy atom. The first-order valence-electron chi connectivity index (χ1n) is 7.81. The van der Waals surface area contributed by atoms with Crippen LogP contribution >= 0.6 is 0 Å². The van der Waals surface area contributed by atoms with Gasteiger partial charge in [0.1, 0.15) is 17.8 Å². The number of carbonyl (C=O) groups is 1. The van der Waals surface area contributed by atoms with E-state index in [1.54, 1.807) is 24.3 Å². The quantitative estimate of drug-likeness (QED) is 0.505. The summed E-state index contributed by atoms with van der Waals surface area (Å²) in [6.45, 7) is 0. The maximum atomic E-state index is 12.3. The highest BCUT2D eigenvalue weighted by atomic mass is 16.5. The second-order valence-corrected chi connectivity index (χ2v) is 5.25. The predicted octanol–water partition coefficient (Wildman–Crippen LogP) is 2.57. The number of nitrogens with zero attached hydrogens (tertiary/aromatic N) is 2. The van der Waals surface area contributed by atoms with Crippen LogP contribution in [0.5, 0.6) is 5.75 Å². The van der Waals surface area contributed by atoms with E-state index >= 15 is 0 Å². The summed E-state index contributed by atoms with van der Waals surface area (Å²) in [5.41, 5.74) is 12.9. The minimum absolute atomic E-state index is 0.275. The van der Waals surface area contributed by atoms with Gasteiger partial charge in [0.15, 0.2) is 11.6 Å². The predicted molar refractivity (Wildman–Crippen MR) is 100 cm³/mol. The smallest absolute Gasteiger partial charge is 0.273 e. The van der Waals surface area contributed by atoms with E-state index in [-0.39, 0.29) is 17.4 Å². The normalized spacial score (nSPS) is 10.0. The van der Waals surface area contributed by atoms with E-state index in [4.69, 9.17) is 10.5 Å². The van der Waals surface area contributed by atoms with Crippen molar-refractivity contribution in [2.24, 2.45) is 0 Å². The lowest BCUT2D eigenvalue weighted by atomic mass is 10.2. The Labute approximate surface area is 150 Å². The molecule has 0 aliphatic rings. The number of para-hydroxylation sites is 2. The lowest BCUT2D eigenvalue weighted by molar-refractivity contribution is 0.0959. The van der Waals surface area contributed by atoms with Crippen molar-refractivity contribution < 1.29 is 9.53 Å². The monoisotopic (exact) mass is 350 g/mol. The number of anilines is 4. The van der Waals surface area contributed by atoms with E-state index < -0.39 is 0 Å². The summed E-state index contributed by atoms with van der Waals surface area (Å²) >= 11 is 0. The average molecular weight is 350 g/mol. The Morgan fingerprint density at radius 1 is 1.00 bits per heavy atom. The van der Waals surface area contributed by atoms with Gasteiger partial charge in [0, 0.05) is 5.69 Å². The number of amides is 1. The van der Waals surface area contributed by atoms with Crippen LogP contribution in [0, 0.1) is 0 Å². The molecule has 5 N–H and O–H groups in total. The van der Waals surface area contributed by atoms with Crippen molar-refractivity contribution >= 4 is 28.9 Å². The largest absolute Gasteiger partial charge is 0.496 e. The van der Waals surface area contributed by atoms with Gasteiger partial charge in [-0.25, -0.2) is 9.97 Å². The number of hydrogen-bond donors (Lipinski definition) is 4. The van der Waals surface area contributed by atoms with E-state index in [9.17, 15) is 4.79 Å². The summed E-state index contributed by atoms with van der Waals surface area (Å²) < 4.78 is 5.18. The second-order valence-electron chi connectivity index (χ2n) is 5.25. The van der Waals surface area contributed by atoms with Gasteiger partial charge < -0.3 is 15.8 Å². The Morgan fingerprint density at radius 2 is 1.69 bits per heavy atom. The van der Waals surface area contributed by atoms with Gasteiger partial charge in [-0.2, -0.15) is 0 Å². The number of aromatic nitrogens is 2. The number of nitrogens with one attached hydrogen (secondary N) is 3. The molecule has 0 unspecified atom stereocenters. The number of methoxy groups -OCH3 is 1. The molecule has 3 rings (SSSR count). The molecule has 0 bridgehead atoms. The third-order valence-electron chi connectivity index (χ3n) is 3.57. The SMILES string of the molecule is COc1ccccc1C(=O)NNc1ncnc(Nc2ccccc2)c1N. The van der Waals surface area contributed by atoms with Crippen LogP contribution < -0.4 is 26.6 Å². The van der Waals surface area contributed by atoms with Crippen molar-refractivity contribution in [3.8, 4) is 5.75 Å². The summed E-state index contributed by atoms with van der Waals surface area (Å²) in [4.78, 5) is 20.5. The zero-order valence-electron chi connectivity index (χ0n) is 14.1. The molecule has 2 aromatic carbocycles. The maximum Gasteiger partial charge on any atom is 0.273 e. The van der Waals surface area contributed by atoms with Gasteiger partial charge in [-0.15, -0.1) is 0 Å². The molecule has 26 heavy (non-hydrogen) atoms. The summed E-state index contributed by atoms with van der Waals surface area (Å²) in [6, 6.07) is 16.4. The molecular weight excluding hydrogens is 332 g/mol. The third-order valence-corrected chi connectivity index (χ3v) is 3.57. The zero-order chi connectivity index (χ0) is 18.4. The van der Waals surface area contributed by atoms with Gasteiger partial charge in [-0.3, -0.25) is 15.6 Å². The van der Waals surface area contributed by atoms with E-state index in [1.807, 2.05) is 30.3 Å². The van der Waals surface area contributed by atoms with E-state index in [0.717, 1.165) is 5.69 Å². The van der Waals surface area contributed by atoms with Crippen LogP contribution in [0.4, 0.5) is 23.0 Å². The van der Waals surface area contributed by atoms with Crippen molar-refractivity contribution in [3.05, 3.63) is 66.5 Å². The van der Waals surface area contributed by atoms with E-state index in [2.05, 4.69) is 26.1 Å². The molecule has 0 fully saturated rings. The fourth-order valence-corrected chi connectivity index (χ4v) is 2.27. The topological polar surface area (TPSA) is 114 Å². The highest BCUT2D eigenvalue weighted by molar-refractivity contribution is 5.97. The molecular formula is C18H18N6O2.